The minimum atomic E-state index is -1.10. The van der Waals surface area contributed by atoms with Gasteiger partial charge < -0.3 is 4.74 Å². The Labute approximate surface area is 106 Å². The lowest BCUT2D eigenvalue weighted by atomic mass is 10.2. The summed E-state index contributed by atoms with van der Waals surface area (Å²) in [5.74, 6) is 0.493. The Morgan fingerprint density at radius 3 is 2.41 bits per heavy atom. The molecule has 17 heavy (non-hydrogen) atoms. The first-order valence-corrected chi connectivity index (χ1v) is 7.50. The Morgan fingerprint density at radius 2 is 1.88 bits per heavy atom. The average molecular weight is 262 g/mol. The van der Waals surface area contributed by atoms with Gasteiger partial charge in [-0.05, 0) is 12.8 Å². The fourth-order valence-corrected chi connectivity index (χ4v) is 2.71. The molecular formula is C12H22O4S. The van der Waals surface area contributed by atoms with Crippen molar-refractivity contribution in [3.8, 4) is 0 Å². The second-order valence-electron chi connectivity index (χ2n) is 4.11. The number of hydrogen-bond donors (Lipinski definition) is 0. The van der Waals surface area contributed by atoms with Crippen molar-refractivity contribution < 1.29 is 18.5 Å². The highest BCUT2D eigenvalue weighted by Gasteiger charge is 2.12. The molecule has 0 aliphatic rings. The normalized spacial score (nSPS) is 14.1. The molecule has 0 spiro atoms. The van der Waals surface area contributed by atoms with E-state index in [0.717, 1.165) is 6.42 Å². The van der Waals surface area contributed by atoms with E-state index in [2.05, 4.69) is 0 Å². The molecule has 2 unspecified atom stereocenters. The lowest BCUT2D eigenvalue weighted by Gasteiger charge is -2.07. The van der Waals surface area contributed by atoms with Crippen molar-refractivity contribution in [3.05, 3.63) is 0 Å². The molecule has 0 N–H and O–H groups in total. The fourth-order valence-electron chi connectivity index (χ4n) is 1.22. The molecule has 0 bridgehead atoms. The van der Waals surface area contributed by atoms with Gasteiger partial charge >= 0.3 is 5.97 Å². The minimum absolute atomic E-state index is 0.0593. The zero-order chi connectivity index (χ0) is 13.3. The molecule has 0 radical (unpaired) electrons. The summed E-state index contributed by atoms with van der Waals surface area (Å²) < 4.78 is 16.3. The molecule has 0 heterocycles. The van der Waals surface area contributed by atoms with E-state index in [1.54, 1.807) is 6.92 Å². The summed E-state index contributed by atoms with van der Waals surface area (Å²) in [7, 11) is -1.10. The predicted octanol–water partition coefficient (Wildman–Crippen LogP) is 1.69. The van der Waals surface area contributed by atoms with Crippen LogP contribution >= 0.6 is 0 Å². The molecule has 0 rings (SSSR count). The first-order chi connectivity index (χ1) is 7.99. The van der Waals surface area contributed by atoms with Crippen molar-refractivity contribution in [2.24, 2.45) is 5.92 Å². The zero-order valence-electron chi connectivity index (χ0n) is 10.9. The molecule has 4 nitrogen and oxygen atoms in total. The third kappa shape index (κ3) is 9.03. The summed E-state index contributed by atoms with van der Waals surface area (Å²) in [6.07, 6.45) is 1.18. The Morgan fingerprint density at radius 1 is 1.24 bits per heavy atom. The molecule has 100 valence electrons. The van der Waals surface area contributed by atoms with Crippen molar-refractivity contribution in [2.75, 3.05) is 18.1 Å². The van der Waals surface area contributed by atoms with Crippen molar-refractivity contribution in [2.45, 2.75) is 40.0 Å². The van der Waals surface area contributed by atoms with Crippen LogP contribution in [0.3, 0.4) is 0 Å². The quantitative estimate of drug-likeness (QED) is 0.593. The molecule has 0 saturated carbocycles. The fraction of sp³-hybridized carbons (Fsp3) is 0.833. The van der Waals surface area contributed by atoms with E-state index in [1.807, 2.05) is 13.8 Å². The molecule has 0 aliphatic carbocycles. The summed E-state index contributed by atoms with van der Waals surface area (Å²) in [4.78, 5) is 22.4. The molecule has 5 heteroatoms. The number of ether oxygens (including phenoxy) is 1. The standard InChI is InChI=1S/C12H22O4S/c1-4-10(3)8-17(15)9-11(13)6-7-12(14)16-5-2/h10H,4-9H2,1-3H3. The highest BCUT2D eigenvalue weighted by molar-refractivity contribution is 7.85. The average Bonchev–Trinajstić information content (AvgIpc) is 2.26. The minimum Gasteiger partial charge on any atom is -0.466 e. The Hall–Kier alpha value is -0.710. The van der Waals surface area contributed by atoms with Crippen LogP contribution in [0.1, 0.15) is 40.0 Å². The van der Waals surface area contributed by atoms with Gasteiger partial charge in [-0.1, -0.05) is 20.3 Å². The van der Waals surface area contributed by atoms with Crippen LogP contribution in [0.5, 0.6) is 0 Å². The third-order valence-electron chi connectivity index (χ3n) is 2.40. The van der Waals surface area contributed by atoms with Gasteiger partial charge in [0.25, 0.3) is 0 Å². The maximum Gasteiger partial charge on any atom is 0.306 e. The van der Waals surface area contributed by atoms with Crippen LogP contribution in [0.15, 0.2) is 0 Å². The van der Waals surface area contributed by atoms with E-state index >= 15 is 0 Å². The maximum absolute atomic E-state index is 11.6. The zero-order valence-corrected chi connectivity index (χ0v) is 11.7. The van der Waals surface area contributed by atoms with Crippen LogP contribution < -0.4 is 0 Å². The van der Waals surface area contributed by atoms with Gasteiger partial charge in [-0.3, -0.25) is 13.8 Å². The summed E-state index contributed by atoms with van der Waals surface area (Å²) >= 11 is 0. The van der Waals surface area contributed by atoms with Crippen molar-refractivity contribution >= 4 is 22.6 Å². The van der Waals surface area contributed by atoms with Crippen LogP contribution in [-0.2, 0) is 25.1 Å². The van der Waals surface area contributed by atoms with Gasteiger partial charge in [0.15, 0.2) is 0 Å². The maximum atomic E-state index is 11.6. The Balaban J connectivity index is 3.78. The summed E-state index contributed by atoms with van der Waals surface area (Å²) in [5.41, 5.74) is 0. The van der Waals surface area contributed by atoms with E-state index < -0.39 is 10.8 Å². The van der Waals surface area contributed by atoms with Crippen molar-refractivity contribution in [1.29, 1.82) is 0 Å². The van der Waals surface area contributed by atoms with Crippen molar-refractivity contribution in [3.63, 3.8) is 0 Å². The highest BCUT2D eigenvalue weighted by Crippen LogP contribution is 2.04. The van der Waals surface area contributed by atoms with Crippen molar-refractivity contribution in [1.82, 2.24) is 0 Å². The number of carbonyl (C=O) groups is 2. The van der Waals surface area contributed by atoms with E-state index in [9.17, 15) is 13.8 Å². The molecular weight excluding hydrogens is 240 g/mol. The van der Waals surface area contributed by atoms with E-state index in [1.165, 1.54) is 0 Å². The van der Waals surface area contributed by atoms with Crippen LogP contribution in [0.2, 0.25) is 0 Å². The first kappa shape index (κ1) is 16.3. The van der Waals surface area contributed by atoms with E-state index in [4.69, 9.17) is 4.74 Å². The van der Waals surface area contributed by atoms with Gasteiger partial charge in [0.1, 0.15) is 5.78 Å². The lowest BCUT2D eigenvalue weighted by Crippen LogP contribution is -2.17. The van der Waals surface area contributed by atoms with Gasteiger partial charge in [0, 0.05) is 23.0 Å². The summed E-state index contributed by atoms with van der Waals surface area (Å²) in [5, 5.41) is 0. The van der Waals surface area contributed by atoms with Crippen LogP contribution in [0.4, 0.5) is 0 Å². The molecule has 0 aliphatic heterocycles. The number of ketones is 1. The molecule has 0 aromatic heterocycles. The second kappa shape index (κ2) is 9.33. The topological polar surface area (TPSA) is 60.4 Å². The largest absolute Gasteiger partial charge is 0.466 e. The number of esters is 1. The third-order valence-corrected chi connectivity index (χ3v) is 3.99. The van der Waals surface area contributed by atoms with Gasteiger partial charge in [-0.25, -0.2) is 0 Å². The molecule has 0 fully saturated rings. The van der Waals surface area contributed by atoms with E-state index in [0.29, 0.717) is 18.3 Å². The van der Waals surface area contributed by atoms with Crippen LogP contribution in [-0.4, -0.2) is 34.1 Å². The van der Waals surface area contributed by atoms with Crippen LogP contribution in [0, 0.1) is 5.92 Å². The molecule has 0 amide bonds. The molecule has 0 saturated heterocycles. The monoisotopic (exact) mass is 262 g/mol. The number of hydrogen-bond acceptors (Lipinski definition) is 4. The van der Waals surface area contributed by atoms with E-state index in [-0.39, 0.29) is 30.3 Å². The number of Topliss-reactive ketones (excluding diaryl/α,β-unsaturated/α-hetero) is 1. The smallest absolute Gasteiger partial charge is 0.306 e. The predicted molar refractivity (Wildman–Crippen MR) is 68.2 cm³/mol. The number of carbonyl (C=O) groups excluding carboxylic acids is 2. The van der Waals surface area contributed by atoms with Gasteiger partial charge in [-0.2, -0.15) is 0 Å². The number of rotatable bonds is 9. The SMILES string of the molecule is CCOC(=O)CCC(=O)CS(=O)CC(C)CC. The first-order valence-electron chi connectivity index (χ1n) is 6.01. The van der Waals surface area contributed by atoms with Gasteiger partial charge in [0.2, 0.25) is 0 Å². The summed E-state index contributed by atoms with van der Waals surface area (Å²) in [6.45, 7) is 6.10. The Kier molecular flexibility index (Phi) is 8.94. The van der Waals surface area contributed by atoms with Crippen LogP contribution in [0.25, 0.3) is 0 Å². The lowest BCUT2D eigenvalue weighted by molar-refractivity contribution is -0.144. The highest BCUT2D eigenvalue weighted by atomic mass is 32.2. The molecule has 2 atom stereocenters. The second-order valence-corrected chi connectivity index (χ2v) is 5.61. The summed E-state index contributed by atoms with van der Waals surface area (Å²) in [6, 6.07) is 0. The van der Waals surface area contributed by atoms with Gasteiger partial charge in [-0.15, -0.1) is 0 Å². The molecule has 0 aromatic carbocycles. The Bertz CT molecular complexity index is 276. The van der Waals surface area contributed by atoms with Gasteiger partial charge in [0.05, 0.1) is 18.8 Å². The molecule has 0 aromatic rings.